The van der Waals surface area contributed by atoms with Crippen LogP contribution in [0.5, 0.6) is 0 Å². The molecule has 1 heterocycles. The summed E-state index contributed by atoms with van der Waals surface area (Å²) in [5.41, 5.74) is 0.148. The first-order valence-corrected chi connectivity index (χ1v) is 4.97. The van der Waals surface area contributed by atoms with Gasteiger partial charge in [-0.25, -0.2) is 0 Å². The van der Waals surface area contributed by atoms with Gasteiger partial charge in [-0.15, -0.1) is 0 Å². The van der Waals surface area contributed by atoms with Crippen LogP contribution in [0.4, 0.5) is 0 Å². The molecule has 1 fully saturated rings. The number of hydrogen-bond acceptors (Lipinski definition) is 2. The molecule has 1 aliphatic rings. The summed E-state index contributed by atoms with van der Waals surface area (Å²) in [6.07, 6.45) is 2.31. The Morgan fingerprint density at radius 3 is 2.42 bits per heavy atom. The maximum Gasteiger partial charge on any atom is 0.0678 e. The Morgan fingerprint density at radius 1 is 1.33 bits per heavy atom. The lowest BCUT2D eigenvalue weighted by Crippen LogP contribution is -2.42. The van der Waals surface area contributed by atoms with Crippen molar-refractivity contribution in [1.29, 1.82) is 0 Å². The van der Waals surface area contributed by atoms with E-state index in [0.29, 0.717) is 5.92 Å². The summed E-state index contributed by atoms with van der Waals surface area (Å²) in [6.45, 7) is 9.74. The zero-order valence-corrected chi connectivity index (χ0v) is 8.52. The SMILES string of the molecule is CC(C)COC1(C)CCNCC1. The lowest BCUT2D eigenvalue weighted by atomic mass is 9.94. The van der Waals surface area contributed by atoms with E-state index >= 15 is 0 Å². The maximum atomic E-state index is 5.89. The second-order valence-corrected chi connectivity index (χ2v) is 4.40. The Morgan fingerprint density at radius 2 is 1.92 bits per heavy atom. The van der Waals surface area contributed by atoms with Crippen molar-refractivity contribution >= 4 is 0 Å². The summed E-state index contributed by atoms with van der Waals surface area (Å²) < 4.78 is 5.89. The van der Waals surface area contributed by atoms with Gasteiger partial charge in [-0.05, 0) is 38.8 Å². The van der Waals surface area contributed by atoms with Gasteiger partial charge in [-0.1, -0.05) is 13.8 Å². The smallest absolute Gasteiger partial charge is 0.0678 e. The van der Waals surface area contributed by atoms with Crippen LogP contribution in [0.15, 0.2) is 0 Å². The van der Waals surface area contributed by atoms with Crippen molar-refractivity contribution in [3.63, 3.8) is 0 Å². The zero-order valence-electron chi connectivity index (χ0n) is 8.52. The molecule has 0 bridgehead atoms. The van der Waals surface area contributed by atoms with E-state index in [1.807, 2.05) is 0 Å². The summed E-state index contributed by atoms with van der Waals surface area (Å²) in [5.74, 6) is 0.650. The topological polar surface area (TPSA) is 21.3 Å². The molecule has 1 N–H and O–H groups in total. The summed E-state index contributed by atoms with van der Waals surface area (Å²) in [4.78, 5) is 0. The monoisotopic (exact) mass is 171 g/mol. The fourth-order valence-electron chi connectivity index (χ4n) is 1.47. The Hall–Kier alpha value is -0.0800. The molecule has 0 saturated carbocycles. The molecule has 0 atom stereocenters. The molecule has 1 aliphatic heterocycles. The zero-order chi connectivity index (χ0) is 9.03. The lowest BCUT2D eigenvalue weighted by molar-refractivity contribution is -0.0621. The summed E-state index contributed by atoms with van der Waals surface area (Å²) in [6, 6.07) is 0. The van der Waals surface area contributed by atoms with Crippen LogP contribution in [0.2, 0.25) is 0 Å². The minimum Gasteiger partial charge on any atom is -0.375 e. The van der Waals surface area contributed by atoms with Crippen LogP contribution in [-0.2, 0) is 4.74 Å². The molecule has 0 aromatic carbocycles. The van der Waals surface area contributed by atoms with E-state index in [4.69, 9.17) is 4.74 Å². The van der Waals surface area contributed by atoms with Gasteiger partial charge in [0.05, 0.1) is 5.60 Å². The highest BCUT2D eigenvalue weighted by molar-refractivity contribution is 4.81. The van der Waals surface area contributed by atoms with Gasteiger partial charge in [0.1, 0.15) is 0 Å². The van der Waals surface area contributed by atoms with Crippen LogP contribution in [-0.4, -0.2) is 25.3 Å². The standard InChI is InChI=1S/C10H21NO/c1-9(2)8-12-10(3)4-6-11-7-5-10/h9,11H,4-8H2,1-3H3. The van der Waals surface area contributed by atoms with Gasteiger partial charge in [-0.3, -0.25) is 0 Å². The molecule has 2 heteroatoms. The highest BCUT2D eigenvalue weighted by Gasteiger charge is 2.27. The molecular formula is C10H21NO. The van der Waals surface area contributed by atoms with Crippen LogP contribution in [0.25, 0.3) is 0 Å². The van der Waals surface area contributed by atoms with Crippen molar-refractivity contribution in [2.45, 2.75) is 39.2 Å². The van der Waals surface area contributed by atoms with Crippen molar-refractivity contribution in [1.82, 2.24) is 5.32 Å². The fourth-order valence-corrected chi connectivity index (χ4v) is 1.47. The van der Waals surface area contributed by atoms with Crippen molar-refractivity contribution in [2.75, 3.05) is 19.7 Å². The Labute approximate surface area is 75.7 Å². The molecule has 0 amide bonds. The third-order valence-corrected chi connectivity index (χ3v) is 2.43. The lowest BCUT2D eigenvalue weighted by Gasteiger charge is -2.34. The quantitative estimate of drug-likeness (QED) is 0.699. The van der Waals surface area contributed by atoms with Crippen molar-refractivity contribution in [3.05, 3.63) is 0 Å². The minimum atomic E-state index is 0.148. The molecule has 12 heavy (non-hydrogen) atoms. The largest absolute Gasteiger partial charge is 0.375 e. The highest BCUT2D eigenvalue weighted by Crippen LogP contribution is 2.22. The van der Waals surface area contributed by atoms with Gasteiger partial charge in [0.2, 0.25) is 0 Å². The molecule has 1 saturated heterocycles. The minimum absolute atomic E-state index is 0.148. The number of hydrogen-bond donors (Lipinski definition) is 1. The Balaban J connectivity index is 2.26. The Bertz CT molecular complexity index is 128. The van der Waals surface area contributed by atoms with Crippen molar-refractivity contribution in [3.8, 4) is 0 Å². The van der Waals surface area contributed by atoms with Crippen LogP contribution >= 0.6 is 0 Å². The van der Waals surface area contributed by atoms with Gasteiger partial charge in [-0.2, -0.15) is 0 Å². The van der Waals surface area contributed by atoms with Gasteiger partial charge >= 0.3 is 0 Å². The molecule has 0 radical (unpaired) electrons. The summed E-state index contributed by atoms with van der Waals surface area (Å²) in [5, 5.41) is 3.35. The van der Waals surface area contributed by atoms with Crippen LogP contribution < -0.4 is 5.32 Å². The molecular weight excluding hydrogens is 150 g/mol. The van der Waals surface area contributed by atoms with E-state index in [9.17, 15) is 0 Å². The second-order valence-electron chi connectivity index (χ2n) is 4.40. The average molecular weight is 171 g/mol. The maximum absolute atomic E-state index is 5.89. The molecule has 1 rings (SSSR count). The molecule has 0 aromatic heterocycles. The van der Waals surface area contributed by atoms with E-state index in [-0.39, 0.29) is 5.60 Å². The van der Waals surface area contributed by atoms with Gasteiger partial charge in [0.25, 0.3) is 0 Å². The Kier molecular flexibility index (Phi) is 3.53. The molecule has 0 spiro atoms. The number of ether oxygens (including phenoxy) is 1. The predicted molar refractivity (Wildman–Crippen MR) is 51.3 cm³/mol. The van der Waals surface area contributed by atoms with Crippen LogP contribution in [0.3, 0.4) is 0 Å². The van der Waals surface area contributed by atoms with E-state index in [1.165, 1.54) is 0 Å². The van der Waals surface area contributed by atoms with E-state index in [2.05, 4.69) is 26.1 Å². The molecule has 0 aromatic rings. The van der Waals surface area contributed by atoms with Crippen molar-refractivity contribution < 1.29 is 4.74 Å². The summed E-state index contributed by atoms with van der Waals surface area (Å²) >= 11 is 0. The first-order chi connectivity index (χ1) is 5.62. The van der Waals surface area contributed by atoms with E-state index < -0.39 is 0 Å². The first-order valence-electron chi connectivity index (χ1n) is 4.97. The summed E-state index contributed by atoms with van der Waals surface area (Å²) in [7, 11) is 0. The first kappa shape index (κ1) is 10.0. The second kappa shape index (κ2) is 4.24. The molecule has 0 aliphatic carbocycles. The number of piperidine rings is 1. The van der Waals surface area contributed by atoms with Gasteiger partial charge in [0.15, 0.2) is 0 Å². The van der Waals surface area contributed by atoms with E-state index in [1.54, 1.807) is 0 Å². The normalized spacial score (nSPS) is 23.0. The number of nitrogens with one attached hydrogen (secondary N) is 1. The highest BCUT2D eigenvalue weighted by atomic mass is 16.5. The third-order valence-electron chi connectivity index (χ3n) is 2.43. The fraction of sp³-hybridized carbons (Fsp3) is 1.00. The van der Waals surface area contributed by atoms with E-state index in [0.717, 1.165) is 32.5 Å². The van der Waals surface area contributed by atoms with Gasteiger partial charge < -0.3 is 10.1 Å². The number of rotatable bonds is 3. The van der Waals surface area contributed by atoms with Crippen LogP contribution in [0.1, 0.15) is 33.6 Å². The average Bonchev–Trinajstić information content (AvgIpc) is 2.03. The van der Waals surface area contributed by atoms with Crippen molar-refractivity contribution in [2.24, 2.45) is 5.92 Å². The molecule has 2 nitrogen and oxygen atoms in total. The van der Waals surface area contributed by atoms with Crippen LogP contribution in [0, 0.1) is 5.92 Å². The van der Waals surface area contributed by atoms with Gasteiger partial charge in [0, 0.05) is 6.61 Å². The third kappa shape index (κ3) is 3.11. The predicted octanol–water partition coefficient (Wildman–Crippen LogP) is 1.80. The molecule has 72 valence electrons. The molecule has 0 unspecified atom stereocenters.